The number of benzene rings is 1. The number of rotatable bonds is 4. The van der Waals surface area contributed by atoms with Gasteiger partial charge in [0.05, 0.1) is 6.42 Å². The fourth-order valence-electron chi connectivity index (χ4n) is 2.40. The first-order valence-corrected chi connectivity index (χ1v) is 6.96. The number of aliphatic carboxylic acids is 1. The topological polar surface area (TPSA) is 40.5 Å². The molecule has 1 aliphatic heterocycles. The van der Waals surface area contributed by atoms with Crippen LogP contribution in [0.15, 0.2) is 24.3 Å². The minimum Gasteiger partial charge on any atom is -0.481 e. The third kappa shape index (κ3) is 3.42. The maximum absolute atomic E-state index is 10.6. The van der Waals surface area contributed by atoms with Gasteiger partial charge in [0.25, 0.3) is 0 Å². The number of carboxylic acid groups (broad SMARTS) is 1. The SMILES string of the molecule is O=C(O)CCN1CCCC1c1ccc(I)cc1. The number of halogens is 1. The van der Waals surface area contributed by atoms with E-state index in [1.54, 1.807) is 0 Å². The Kier molecular flexibility index (Phi) is 4.39. The molecule has 4 heteroatoms. The van der Waals surface area contributed by atoms with Gasteiger partial charge in [-0.1, -0.05) is 12.1 Å². The van der Waals surface area contributed by atoms with Gasteiger partial charge < -0.3 is 5.11 Å². The molecule has 3 nitrogen and oxygen atoms in total. The standard InChI is InChI=1S/C13H16INO2/c14-11-5-3-10(4-6-11)12-2-1-8-15(12)9-7-13(16)17/h3-6,12H,1-2,7-9H2,(H,16,17). The minimum atomic E-state index is -0.710. The Morgan fingerprint density at radius 1 is 1.41 bits per heavy atom. The van der Waals surface area contributed by atoms with Gasteiger partial charge in [-0.2, -0.15) is 0 Å². The molecule has 0 spiro atoms. The quantitative estimate of drug-likeness (QED) is 0.853. The number of nitrogens with zero attached hydrogens (tertiary/aromatic N) is 1. The van der Waals surface area contributed by atoms with Gasteiger partial charge in [0.15, 0.2) is 0 Å². The smallest absolute Gasteiger partial charge is 0.304 e. The molecule has 0 radical (unpaired) electrons. The Morgan fingerprint density at radius 3 is 2.76 bits per heavy atom. The van der Waals surface area contributed by atoms with Crippen LogP contribution in [0.4, 0.5) is 0 Å². The van der Waals surface area contributed by atoms with Crippen molar-refractivity contribution < 1.29 is 9.90 Å². The molecule has 1 aromatic rings. The van der Waals surface area contributed by atoms with Crippen LogP contribution in [0.3, 0.4) is 0 Å². The molecule has 17 heavy (non-hydrogen) atoms. The lowest BCUT2D eigenvalue weighted by Crippen LogP contribution is -2.26. The van der Waals surface area contributed by atoms with E-state index in [4.69, 9.17) is 5.11 Å². The maximum atomic E-state index is 10.6. The first kappa shape index (κ1) is 12.8. The van der Waals surface area contributed by atoms with E-state index in [0.717, 1.165) is 19.4 Å². The molecule has 1 saturated heterocycles. The van der Waals surface area contributed by atoms with Crippen LogP contribution in [0.25, 0.3) is 0 Å². The van der Waals surface area contributed by atoms with E-state index in [1.807, 2.05) is 0 Å². The molecule has 1 aromatic carbocycles. The lowest BCUT2D eigenvalue weighted by Gasteiger charge is -2.24. The van der Waals surface area contributed by atoms with Crippen LogP contribution in [0, 0.1) is 3.57 Å². The molecule has 92 valence electrons. The molecule has 0 aliphatic carbocycles. The van der Waals surface area contributed by atoms with Crippen LogP contribution < -0.4 is 0 Å². The number of carbonyl (C=O) groups is 1. The van der Waals surface area contributed by atoms with E-state index in [1.165, 1.54) is 9.13 Å². The van der Waals surface area contributed by atoms with Crippen molar-refractivity contribution in [3.05, 3.63) is 33.4 Å². The molecular weight excluding hydrogens is 329 g/mol. The predicted molar refractivity (Wildman–Crippen MR) is 75.0 cm³/mol. The fraction of sp³-hybridized carbons (Fsp3) is 0.462. The van der Waals surface area contributed by atoms with Gasteiger partial charge in [-0.3, -0.25) is 9.69 Å². The largest absolute Gasteiger partial charge is 0.481 e. The van der Waals surface area contributed by atoms with Gasteiger partial charge >= 0.3 is 5.97 Å². The second-order valence-electron chi connectivity index (χ2n) is 4.39. The molecule has 1 atom stereocenters. The second kappa shape index (κ2) is 5.82. The zero-order valence-corrected chi connectivity index (χ0v) is 11.8. The molecule has 1 N–H and O–H groups in total. The Balaban J connectivity index is 2.03. The van der Waals surface area contributed by atoms with Crippen molar-refractivity contribution in [1.82, 2.24) is 4.90 Å². The first-order chi connectivity index (χ1) is 8.16. The summed E-state index contributed by atoms with van der Waals surface area (Å²) in [6, 6.07) is 8.95. The lowest BCUT2D eigenvalue weighted by atomic mass is 10.0. The number of carboxylic acids is 1. The molecule has 1 heterocycles. The van der Waals surface area contributed by atoms with Gasteiger partial charge in [-0.25, -0.2) is 0 Å². The van der Waals surface area contributed by atoms with Gasteiger partial charge in [0, 0.05) is 16.2 Å². The van der Waals surface area contributed by atoms with Crippen molar-refractivity contribution in [2.75, 3.05) is 13.1 Å². The zero-order chi connectivity index (χ0) is 12.3. The summed E-state index contributed by atoms with van der Waals surface area (Å²) in [5.74, 6) is -0.710. The van der Waals surface area contributed by atoms with Gasteiger partial charge in [0.1, 0.15) is 0 Å². The normalized spacial score (nSPS) is 20.6. The summed E-state index contributed by atoms with van der Waals surface area (Å²) < 4.78 is 1.24. The predicted octanol–water partition coefficient (Wildman–Crippen LogP) is 2.90. The Bertz CT molecular complexity index is 391. The summed E-state index contributed by atoms with van der Waals surface area (Å²) in [6.07, 6.45) is 2.54. The van der Waals surface area contributed by atoms with Crippen LogP contribution in [-0.2, 0) is 4.79 Å². The molecule has 1 fully saturated rings. The summed E-state index contributed by atoms with van der Waals surface area (Å²) >= 11 is 2.30. The van der Waals surface area contributed by atoms with E-state index in [2.05, 4.69) is 51.8 Å². The van der Waals surface area contributed by atoms with E-state index in [9.17, 15) is 4.79 Å². The van der Waals surface area contributed by atoms with Gasteiger partial charge in [-0.15, -0.1) is 0 Å². The highest BCUT2D eigenvalue weighted by molar-refractivity contribution is 14.1. The van der Waals surface area contributed by atoms with Gasteiger partial charge in [-0.05, 0) is 59.7 Å². The van der Waals surface area contributed by atoms with Crippen molar-refractivity contribution in [2.45, 2.75) is 25.3 Å². The number of likely N-dealkylation sites (tertiary alicyclic amines) is 1. The summed E-state index contributed by atoms with van der Waals surface area (Å²) in [4.78, 5) is 12.9. The molecule has 0 amide bonds. The van der Waals surface area contributed by atoms with Crippen LogP contribution in [0.5, 0.6) is 0 Å². The summed E-state index contributed by atoms with van der Waals surface area (Å²) in [5, 5.41) is 8.74. The molecule has 2 rings (SSSR count). The van der Waals surface area contributed by atoms with Crippen molar-refractivity contribution in [3.8, 4) is 0 Å². The van der Waals surface area contributed by atoms with Crippen molar-refractivity contribution in [2.24, 2.45) is 0 Å². The highest BCUT2D eigenvalue weighted by atomic mass is 127. The highest BCUT2D eigenvalue weighted by Crippen LogP contribution is 2.31. The Hall–Kier alpha value is -0.620. The van der Waals surface area contributed by atoms with E-state index in [-0.39, 0.29) is 6.42 Å². The summed E-state index contributed by atoms with van der Waals surface area (Å²) in [6.45, 7) is 1.68. The van der Waals surface area contributed by atoms with Crippen LogP contribution >= 0.6 is 22.6 Å². The average molecular weight is 345 g/mol. The molecular formula is C13H16INO2. The monoisotopic (exact) mass is 345 g/mol. The third-order valence-electron chi connectivity index (χ3n) is 3.23. The van der Waals surface area contributed by atoms with E-state index < -0.39 is 5.97 Å². The van der Waals surface area contributed by atoms with E-state index in [0.29, 0.717) is 12.6 Å². The van der Waals surface area contributed by atoms with Crippen LogP contribution in [-0.4, -0.2) is 29.1 Å². The third-order valence-corrected chi connectivity index (χ3v) is 3.95. The molecule has 1 unspecified atom stereocenters. The van der Waals surface area contributed by atoms with Gasteiger partial charge in [0.2, 0.25) is 0 Å². The Morgan fingerprint density at radius 2 is 2.12 bits per heavy atom. The first-order valence-electron chi connectivity index (χ1n) is 5.88. The van der Waals surface area contributed by atoms with Crippen molar-refractivity contribution in [1.29, 1.82) is 0 Å². The summed E-state index contributed by atoms with van der Waals surface area (Å²) in [5.41, 5.74) is 1.31. The molecule has 0 saturated carbocycles. The maximum Gasteiger partial charge on any atom is 0.304 e. The number of hydrogen-bond acceptors (Lipinski definition) is 2. The van der Waals surface area contributed by atoms with Crippen LogP contribution in [0.2, 0.25) is 0 Å². The fourth-order valence-corrected chi connectivity index (χ4v) is 2.76. The highest BCUT2D eigenvalue weighted by Gasteiger charge is 2.25. The lowest BCUT2D eigenvalue weighted by molar-refractivity contribution is -0.137. The summed E-state index contributed by atoms with van der Waals surface area (Å²) in [7, 11) is 0. The minimum absolute atomic E-state index is 0.237. The number of hydrogen-bond donors (Lipinski definition) is 1. The van der Waals surface area contributed by atoms with Crippen molar-refractivity contribution in [3.63, 3.8) is 0 Å². The molecule has 1 aliphatic rings. The second-order valence-corrected chi connectivity index (χ2v) is 5.63. The van der Waals surface area contributed by atoms with E-state index >= 15 is 0 Å². The Labute approximate surface area is 115 Å². The zero-order valence-electron chi connectivity index (χ0n) is 9.60. The van der Waals surface area contributed by atoms with Crippen LogP contribution in [0.1, 0.15) is 30.9 Å². The molecule has 0 aromatic heterocycles. The average Bonchev–Trinajstić information content (AvgIpc) is 2.75. The van der Waals surface area contributed by atoms with Crippen molar-refractivity contribution >= 4 is 28.6 Å². The molecule has 0 bridgehead atoms.